The molecule has 1 heterocycles. The molecule has 0 spiro atoms. The first-order chi connectivity index (χ1) is 12.7. The van der Waals surface area contributed by atoms with Crippen molar-refractivity contribution in [2.24, 2.45) is 17.8 Å². The van der Waals surface area contributed by atoms with E-state index in [1.54, 1.807) is 0 Å². The fourth-order valence-corrected chi connectivity index (χ4v) is 4.67. The molecule has 0 radical (unpaired) electrons. The van der Waals surface area contributed by atoms with Crippen LogP contribution in [0.3, 0.4) is 0 Å². The summed E-state index contributed by atoms with van der Waals surface area (Å²) in [4.78, 5) is 14.6. The SMILES string of the molecule is CN(CC1C2CCC1CNC2)C(=O)Cc1ccc(-c2ccccc2)cc1. The van der Waals surface area contributed by atoms with Crippen molar-refractivity contribution < 1.29 is 4.79 Å². The Balaban J connectivity index is 1.35. The second kappa shape index (κ2) is 7.63. The Bertz CT molecular complexity index is 725. The van der Waals surface area contributed by atoms with Gasteiger partial charge in [0.25, 0.3) is 0 Å². The zero-order chi connectivity index (χ0) is 17.9. The molecule has 0 aromatic heterocycles. The number of carbonyl (C=O) groups excluding carboxylic acids is 1. The van der Waals surface area contributed by atoms with Gasteiger partial charge in [-0.15, -0.1) is 0 Å². The number of hydrogen-bond acceptors (Lipinski definition) is 2. The minimum Gasteiger partial charge on any atom is -0.345 e. The average Bonchev–Trinajstić information content (AvgIpc) is 2.90. The van der Waals surface area contributed by atoms with Gasteiger partial charge in [0.2, 0.25) is 5.91 Å². The van der Waals surface area contributed by atoms with Crippen LogP contribution in [-0.4, -0.2) is 37.5 Å². The van der Waals surface area contributed by atoms with E-state index in [1.165, 1.54) is 24.0 Å². The molecule has 2 aromatic carbocycles. The number of nitrogens with zero attached hydrogens (tertiary/aromatic N) is 1. The molecule has 2 aromatic rings. The maximum absolute atomic E-state index is 12.7. The Morgan fingerprint density at radius 2 is 1.58 bits per heavy atom. The maximum atomic E-state index is 12.7. The average molecular weight is 348 g/mol. The Morgan fingerprint density at radius 1 is 0.962 bits per heavy atom. The van der Waals surface area contributed by atoms with Crippen molar-refractivity contribution in [3.63, 3.8) is 0 Å². The first-order valence-electron chi connectivity index (χ1n) is 9.80. The quantitative estimate of drug-likeness (QED) is 0.895. The van der Waals surface area contributed by atoms with E-state index in [9.17, 15) is 4.79 Å². The molecule has 136 valence electrons. The van der Waals surface area contributed by atoms with Gasteiger partial charge < -0.3 is 10.2 Å². The van der Waals surface area contributed by atoms with Crippen LogP contribution in [-0.2, 0) is 11.2 Å². The van der Waals surface area contributed by atoms with Crippen LogP contribution in [0.4, 0.5) is 0 Å². The molecule has 1 amide bonds. The zero-order valence-electron chi connectivity index (χ0n) is 15.5. The predicted octanol–water partition coefficient (Wildman–Crippen LogP) is 3.60. The number of amides is 1. The van der Waals surface area contributed by atoms with Crippen LogP contribution in [0.25, 0.3) is 11.1 Å². The third-order valence-corrected chi connectivity index (χ3v) is 6.26. The standard InChI is InChI=1S/C23H28N2O/c1-25(16-22-20-11-12-21(22)15-24-14-20)23(26)13-17-7-9-19(10-8-17)18-5-3-2-4-6-18/h2-10,20-22,24H,11-16H2,1H3. The van der Waals surface area contributed by atoms with Crippen LogP contribution in [0.5, 0.6) is 0 Å². The van der Waals surface area contributed by atoms with Crippen LogP contribution >= 0.6 is 0 Å². The van der Waals surface area contributed by atoms with Crippen LogP contribution in [0.2, 0.25) is 0 Å². The summed E-state index contributed by atoms with van der Waals surface area (Å²) >= 11 is 0. The van der Waals surface area contributed by atoms with E-state index in [0.717, 1.165) is 37.0 Å². The van der Waals surface area contributed by atoms with Gasteiger partial charge >= 0.3 is 0 Å². The number of carbonyl (C=O) groups is 1. The summed E-state index contributed by atoms with van der Waals surface area (Å²) in [5.74, 6) is 2.43. The zero-order valence-corrected chi connectivity index (χ0v) is 15.5. The number of benzene rings is 2. The monoisotopic (exact) mass is 348 g/mol. The molecular weight excluding hydrogens is 320 g/mol. The largest absolute Gasteiger partial charge is 0.345 e. The van der Waals surface area contributed by atoms with Gasteiger partial charge in [0, 0.05) is 13.6 Å². The molecule has 3 heteroatoms. The van der Waals surface area contributed by atoms with Crippen molar-refractivity contribution in [1.29, 1.82) is 0 Å². The molecule has 2 atom stereocenters. The molecule has 1 saturated heterocycles. The van der Waals surface area contributed by atoms with Crippen LogP contribution < -0.4 is 5.32 Å². The van der Waals surface area contributed by atoms with Crippen molar-refractivity contribution in [1.82, 2.24) is 10.2 Å². The highest BCUT2D eigenvalue weighted by Gasteiger charge is 2.39. The number of piperidine rings is 1. The predicted molar refractivity (Wildman–Crippen MR) is 106 cm³/mol. The van der Waals surface area contributed by atoms with Crippen molar-refractivity contribution in [2.45, 2.75) is 19.3 Å². The van der Waals surface area contributed by atoms with Gasteiger partial charge in [-0.05, 0) is 60.4 Å². The second-order valence-corrected chi connectivity index (χ2v) is 7.93. The molecule has 1 N–H and O–H groups in total. The number of nitrogens with one attached hydrogen (secondary N) is 1. The minimum absolute atomic E-state index is 0.232. The molecule has 2 bridgehead atoms. The van der Waals surface area contributed by atoms with E-state index >= 15 is 0 Å². The molecule has 4 rings (SSSR count). The fraction of sp³-hybridized carbons (Fsp3) is 0.435. The number of likely N-dealkylation sites (N-methyl/N-ethyl adjacent to an activating group) is 1. The number of rotatable bonds is 5. The van der Waals surface area contributed by atoms with Gasteiger partial charge in [-0.25, -0.2) is 0 Å². The molecular formula is C23H28N2O. The summed E-state index contributed by atoms with van der Waals surface area (Å²) < 4.78 is 0. The smallest absolute Gasteiger partial charge is 0.226 e. The lowest BCUT2D eigenvalue weighted by Crippen LogP contribution is -2.44. The van der Waals surface area contributed by atoms with Gasteiger partial charge in [-0.3, -0.25) is 4.79 Å². The molecule has 2 fully saturated rings. The van der Waals surface area contributed by atoms with Crippen LogP contribution in [0.1, 0.15) is 18.4 Å². The van der Waals surface area contributed by atoms with Gasteiger partial charge in [-0.2, -0.15) is 0 Å². The summed E-state index contributed by atoms with van der Waals surface area (Å²) in [5, 5.41) is 3.53. The highest BCUT2D eigenvalue weighted by Crippen LogP contribution is 2.39. The summed E-state index contributed by atoms with van der Waals surface area (Å²) in [6.07, 6.45) is 3.14. The van der Waals surface area contributed by atoms with Crippen LogP contribution in [0, 0.1) is 17.8 Å². The summed E-state index contributed by atoms with van der Waals surface area (Å²) in [6.45, 7) is 3.17. The normalized spacial score (nSPS) is 24.4. The van der Waals surface area contributed by atoms with E-state index in [2.05, 4.69) is 53.8 Å². The van der Waals surface area contributed by atoms with Crippen molar-refractivity contribution in [3.05, 3.63) is 60.2 Å². The molecule has 2 unspecified atom stereocenters. The Morgan fingerprint density at radius 3 is 2.23 bits per heavy atom. The first-order valence-corrected chi connectivity index (χ1v) is 9.80. The van der Waals surface area contributed by atoms with E-state index < -0.39 is 0 Å². The van der Waals surface area contributed by atoms with E-state index in [0.29, 0.717) is 12.3 Å². The van der Waals surface area contributed by atoms with Crippen molar-refractivity contribution in [3.8, 4) is 11.1 Å². The lowest BCUT2D eigenvalue weighted by molar-refractivity contribution is -0.130. The first kappa shape index (κ1) is 17.3. The minimum atomic E-state index is 0.232. The molecule has 2 aliphatic rings. The third kappa shape index (κ3) is 3.68. The van der Waals surface area contributed by atoms with E-state index in [4.69, 9.17) is 0 Å². The molecule has 1 aliphatic heterocycles. The molecule has 26 heavy (non-hydrogen) atoms. The summed E-state index contributed by atoms with van der Waals surface area (Å²) in [7, 11) is 1.97. The lowest BCUT2D eigenvalue weighted by Gasteiger charge is -2.34. The van der Waals surface area contributed by atoms with Crippen molar-refractivity contribution in [2.75, 3.05) is 26.7 Å². The molecule has 1 aliphatic carbocycles. The topological polar surface area (TPSA) is 32.3 Å². The Labute approximate surface area is 156 Å². The van der Waals surface area contributed by atoms with Gasteiger partial charge in [-0.1, -0.05) is 54.6 Å². The highest BCUT2D eigenvalue weighted by atomic mass is 16.2. The Hall–Kier alpha value is -2.13. The van der Waals surface area contributed by atoms with Gasteiger partial charge in [0.1, 0.15) is 0 Å². The molecule has 3 nitrogen and oxygen atoms in total. The summed E-state index contributed by atoms with van der Waals surface area (Å²) in [5.41, 5.74) is 3.50. The maximum Gasteiger partial charge on any atom is 0.226 e. The third-order valence-electron chi connectivity index (χ3n) is 6.26. The van der Waals surface area contributed by atoms with Crippen LogP contribution in [0.15, 0.2) is 54.6 Å². The molecule has 1 saturated carbocycles. The Kier molecular flexibility index (Phi) is 5.07. The van der Waals surface area contributed by atoms with E-state index in [-0.39, 0.29) is 5.91 Å². The second-order valence-electron chi connectivity index (χ2n) is 7.93. The fourth-order valence-electron chi connectivity index (χ4n) is 4.67. The number of fused-ring (bicyclic) bond motifs is 2. The summed E-state index contributed by atoms with van der Waals surface area (Å²) in [6, 6.07) is 18.8. The van der Waals surface area contributed by atoms with Crippen molar-refractivity contribution >= 4 is 5.91 Å². The van der Waals surface area contributed by atoms with E-state index in [1.807, 2.05) is 18.0 Å². The van der Waals surface area contributed by atoms with Gasteiger partial charge in [0.15, 0.2) is 0 Å². The lowest BCUT2D eigenvalue weighted by atomic mass is 9.85. The number of hydrogen-bond donors (Lipinski definition) is 1. The van der Waals surface area contributed by atoms with Gasteiger partial charge in [0.05, 0.1) is 6.42 Å². The highest BCUT2D eigenvalue weighted by molar-refractivity contribution is 5.78.